The second-order valence-corrected chi connectivity index (χ2v) is 6.29. The number of carbonyl (C=O) groups is 1. The van der Waals surface area contributed by atoms with Crippen LogP contribution in [-0.2, 0) is 4.79 Å². The van der Waals surface area contributed by atoms with Crippen LogP contribution in [0, 0.1) is 11.8 Å². The highest BCUT2D eigenvalue weighted by atomic mass is 79.9. The third-order valence-electron chi connectivity index (χ3n) is 2.76. The topological polar surface area (TPSA) is 95.6 Å². The summed E-state index contributed by atoms with van der Waals surface area (Å²) in [7, 11) is 0. The Balaban J connectivity index is 2.36. The summed E-state index contributed by atoms with van der Waals surface area (Å²) in [6, 6.07) is 0. The Morgan fingerprint density at radius 1 is 1.24 bits per heavy atom. The second kappa shape index (κ2) is 6.38. The van der Waals surface area contributed by atoms with E-state index in [9.17, 15) is 4.79 Å². The van der Waals surface area contributed by atoms with E-state index in [1.165, 1.54) is 0 Å². The van der Waals surface area contributed by atoms with E-state index >= 15 is 0 Å². The Morgan fingerprint density at radius 3 is 2.57 bits per heavy atom. The quantitative estimate of drug-likeness (QED) is 0.717. The number of aromatic amines is 1. The summed E-state index contributed by atoms with van der Waals surface area (Å²) in [6.07, 6.45) is 0. The van der Waals surface area contributed by atoms with Gasteiger partial charge in [0.2, 0.25) is 11.9 Å². The Kier molecular flexibility index (Phi) is 4.76. The number of imidazole rings is 1. The molecule has 0 saturated carbocycles. The number of nitrogens with one attached hydrogen (secondary N) is 3. The molecular weight excluding hydrogens is 336 g/mol. The van der Waals surface area contributed by atoms with E-state index in [0.717, 1.165) is 6.54 Å². The Morgan fingerprint density at radius 2 is 1.95 bits per heavy atom. The SMILES string of the molecule is CC(C)CNc1nc(NC(=O)C(C)C)nc2nc(Br)[nH]c12. The second-order valence-electron chi connectivity index (χ2n) is 5.54. The largest absolute Gasteiger partial charge is 0.368 e. The van der Waals surface area contributed by atoms with Crippen LogP contribution >= 0.6 is 15.9 Å². The van der Waals surface area contributed by atoms with Crippen molar-refractivity contribution in [3.05, 3.63) is 4.73 Å². The first-order chi connectivity index (χ1) is 9.86. The van der Waals surface area contributed by atoms with Crippen LogP contribution in [0.2, 0.25) is 0 Å². The molecule has 0 fully saturated rings. The number of nitrogens with zero attached hydrogens (tertiary/aromatic N) is 3. The summed E-state index contributed by atoms with van der Waals surface area (Å²) >= 11 is 3.29. The average molecular weight is 355 g/mol. The molecule has 0 atom stereocenters. The molecule has 0 bridgehead atoms. The maximum absolute atomic E-state index is 11.8. The monoisotopic (exact) mass is 354 g/mol. The Labute approximate surface area is 131 Å². The first-order valence-electron chi connectivity index (χ1n) is 6.84. The Hall–Kier alpha value is -1.70. The number of anilines is 2. The molecule has 0 radical (unpaired) electrons. The highest BCUT2D eigenvalue weighted by Gasteiger charge is 2.15. The van der Waals surface area contributed by atoms with Gasteiger partial charge in [-0.1, -0.05) is 27.7 Å². The zero-order valence-electron chi connectivity index (χ0n) is 12.5. The van der Waals surface area contributed by atoms with Gasteiger partial charge in [0, 0.05) is 12.5 Å². The molecule has 0 saturated heterocycles. The van der Waals surface area contributed by atoms with E-state index in [0.29, 0.717) is 27.6 Å². The molecule has 2 rings (SSSR count). The standard InChI is InChI=1S/C13H19BrN6O/c1-6(2)5-15-9-8-10(17-12(14)16-8)19-13(18-9)20-11(21)7(3)4/h6-7H,5H2,1-4H3,(H3,15,16,17,18,19,20,21). The highest BCUT2D eigenvalue weighted by molar-refractivity contribution is 9.10. The van der Waals surface area contributed by atoms with Crippen LogP contribution in [0.3, 0.4) is 0 Å². The minimum absolute atomic E-state index is 0.126. The molecule has 8 heteroatoms. The van der Waals surface area contributed by atoms with E-state index in [2.05, 4.69) is 60.3 Å². The van der Waals surface area contributed by atoms with Gasteiger partial charge in [0.05, 0.1) is 0 Å². The summed E-state index contributed by atoms with van der Waals surface area (Å²) in [6.45, 7) is 8.61. The zero-order valence-corrected chi connectivity index (χ0v) is 14.1. The van der Waals surface area contributed by atoms with Gasteiger partial charge in [-0.2, -0.15) is 9.97 Å². The van der Waals surface area contributed by atoms with Crippen LogP contribution in [0.4, 0.5) is 11.8 Å². The fourth-order valence-electron chi connectivity index (χ4n) is 1.61. The van der Waals surface area contributed by atoms with Gasteiger partial charge in [0.25, 0.3) is 0 Å². The molecule has 21 heavy (non-hydrogen) atoms. The van der Waals surface area contributed by atoms with Gasteiger partial charge in [-0.05, 0) is 21.8 Å². The van der Waals surface area contributed by atoms with Crippen LogP contribution in [0.1, 0.15) is 27.7 Å². The summed E-state index contributed by atoms with van der Waals surface area (Å²) in [4.78, 5) is 27.7. The van der Waals surface area contributed by atoms with E-state index in [1.54, 1.807) is 0 Å². The van der Waals surface area contributed by atoms with Gasteiger partial charge >= 0.3 is 0 Å². The third kappa shape index (κ3) is 3.90. The van der Waals surface area contributed by atoms with Gasteiger partial charge in [-0.3, -0.25) is 10.1 Å². The van der Waals surface area contributed by atoms with Gasteiger partial charge in [0.15, 0.2) is 16.2 Å². The first-order valence-corrected chi connectivity index (χ1v) is 7.64. The van der Waals surface area contributed by atoms with Crippen molar-refractivity contribution < 1.29 is 4.79 Å². The molecule has 0 unspecified atom stereocenters. The lowest BCUT2D eigenvalue weighted by atomic mass is 10.2. The fraction of sp³-hybridized carbons (Fsp3) is 0.538. The van der Waals surface area contributed by atoms with Gasteiger partial charge < -0.3 is 10.3 Å². The van der Waals surface area contributed by atoms with Gasteiger partial charge in [-0.15, -0.1) is 0 Å². The summed E-state index contributed by atoms with van der Waals surface area (Å²) in [5, 5.41) is 5.95. The van der Waals surface area contributed by atoms with Gasteiger partial charge in [-0.25, -0.2) is 4.98 Å². The molecule has 1 amide bonds. The molecule has 0 aliphatic carbocycles. The number of amides is 1. The van der Waals surface area contributed by atoms with Crippen molar-refractivity contribution in [2.75, 3.05) is 17.2 Å². The van der Waals surface area contributed by atoms with Crippen molar-refractivity contribution >= 4 is 44.8 Å². The molecule has 7 nitrogen and oxygen atoms in total. The molecule has 0 aliphatic rings. The molecular formula is C13H19BrN6O. The molecule has 2 aromatic heterocycles. The van der Waals surface area contributed by atoms with E-state index in [-0.39, 0.29) is 17.8 Å². The predicted octanol–water partition coefficient (Wildman–Crippen LogP) is 2.78. The maximum atomic E-state index is 11.8. The number of fused-ring (bicyclic) bond motifs is 1. The van der Waals surface area contributed by atoms with Crippen molar-refractivity contribution in [3.63, 3.8) is 0 Å². The number of aromatic nitrogens is 4. The minimum Gasteiger partial charge on any atom is -0.368 e. The molecule has 0 aliphatic heterocycles. The van der Waals surface area contributed by atoms with Crippen LogP contribution < -0.4 is 10.6 Å². The molecule has 0 aromatic carbocycles. The summed E-state index contributed by atoms with van der Waals surface area (Å²) in [5.41, 5.74) is 1.22. The molecule has 2 aromatic rings. The molecule has 3 N–H and O–H groups in total. The van der Waals surface area contributed by atoms with Crippen LogP contribution in [0.25, 0.3) is 11.2 Å². The number of hydrogen-bond acceptors (Lipinski definition) is 5. The summed E-state index contributed by atoms with van der Waals surface area (Å²) in [5.74, 6) is 1.09. The number of carbonyl (C=O) groups excluding carboxylic acids is 1. The lowest BCUT2D eigenvalue weighted by Crippen LogP contribution is -2.20. The molecule has 114 valence electrons. The van der Waals surface area contributed by atoms with E-state index in [1.807, 2.05) is 13.8 Å². The fourth-order valence-corrected chi connectivity index (χ4v) is 1.97. The van der Waals surface area contributed by atoms with Crippen molar-refractivity contribution in [2.24, 2.45) is 11.8 Å². The maximum Gasteiger partial charge on any atom is 0.233 e. The lowest BCUT2D eigenvalue weighted by Gasteiger charge is -2.11. The van der Waals surface area contributed by atoms with E-state index in [4.69, 9.17) is 0 Å². The average Bonchev–Trinajstić information content (AvgIpc) is 2.75. The molecule has 0 spiro atoms. The highest BCUT2D eigenvalue weighted by Crippen LogP contribution is 2.22. The number of halogens is 1. The van der Waals surface area contributed by atoms with E-state index < -0.39 is 0 Å². The lowest BCUT2D eigenvalue weighted by molar-refractivity contribution is -0.118. The normalized spacial score (nSPS) is 11.4. The smallest absolute Gasteiger partial charge is 0.233 e. The number of hydrogen-bond donors (Lipinski definition) is 3. The number of H-pyrrole nitrogens is 1. The van der Waals surface area contributed by atoms with Crippen molar-refractivity contribution in [3.8, 4) is 0 Å². The van der Waals surface area contributed by atoms with Crippen molar-refractivity contribution in [2.45, 2.75) is 27.7 Å². The van der Waals surface area contributed by atoms with Crippen LogP contribution in [0.15, 0.2) is 4.73 Å². The molecule has 2 heterocycles. The Bertz CT molecular complexity index is 651. The van der Waals surface area contributed by atoms with Crippen LogP contribution in [-0.4, -0.2) is 32.4 Å². The number of rotatable bonds is 5. The minimum atomic E-state index is -0.137. The van der Waals surface area contributed by atoms with Crippen molar-refractivity contribution in [1.29, 1.82) is 0 Å². The predicted molar refractivity (Wildman–Crippen MR) is 86.2 cm³/mol. The van der Waals surface area contributed by atoms with Crippen molar-refractivity contribution in [1.82, 2.24) is 19.9 Å². The van der Waals surface area contributed by atoms with Gasteiger partial charge in [0.1, 0.15) is 5.52 Å². The zero-order chi connectivity index (χ0) is 15.6. The van der Waals surface area contributed by atoms with Crippen LogP contribution in [0.5, 0.6) is 0 Å². The first kappa shape index (κ1) is 15.7. The third-order valence-corrected chi connectivity index (χ3v) is 3.13. The summed E-state index contributed by atoms with van der Waals surface area (Å²) < 4.78 is 0.576.